The van der Waals surface area contributed by atoms with E-state index < -0.39 is 0 Å². The van der Waals surface area contributed by atoms with Crippen molar-refractivity contribution in [3.63, 3.8) is 0 Å². The number of aryl methyl sites for hydroxylation is 1. The molecule has 0 amide bonds. The van der Waals surface area contributed by atoms with Gasteiger partial charge in [0.1, 0.15) is 0 Å². The maximum absolute atomic E-state index is 4.79. The van der Waals surface area contributed by atoms with E-state index in [0.29, 0.717) is 6.04 Å². The highest BCUT2D eigenvalue weighted by atomic mass is 14.9. The maximum atomic E-state index is 4.79. The van der Waals surface area contributed by atoms with E-state index in [2.05, 4.69) is 68.3 Å². The standard InChI is InChI=1S/C20H25N3/c1-14-11-12-15-7-5-9-17(19(15)22-14)18-10-6-8-16(23-18)13-21-20(2,3)4/h5-10,13-14,22H,11-12H2,1-4H3. The van der Waals surface area contributed by atoms with Gasteiger partial charge in [0.2, 0.25) is 0 Å². The largest absolute Gasteiger partial charge is 0.382 e. The molecule has 2 aromatic rings. The smallest absolute Gasteiger partial charge is 0.0815 e. The Kier molecular flexibility index (Phi) is 4.20. The van der Waals surface area contributed by atoms with E-state index in [9.17, 15) is 0 Å². The number of benzene rings is 1. The van der Waals surface area contributed by atoms with Crippen molar-refractivity contribution in [3.8, 4) is 11.3 Å². The second-order valence-electron chi connectivity index (χ2n) is 7.30. The van der Waals surface area contributed by atoms with Crippen molar-refractivity contribution in [2.45, 2.75) is 52.1 Å². The van der Waals surface area contributed by atoms with Crippen LogP contribution < -0.4 is 5.32 Å². The van der Waals surface area contributed by atoms with E-state index in [-0.39, 0.29) is 5.54 Å². The first-order valence-corrected chi connectivity index (χ1v) is 8.33. The van der Waals surface area contributed by atoms with Crippen molar-refractivity contribution in [1.82, 2.24) is 4.98 Å². The maximum Gasteiger partial charge on any atom is 0.0815 e. The summed E-state index contributed by atoms with van der Waals surface area (Å²) in [5, 5.41) is 3.63. The highest BCUT2D eigenvalue weighted by molar-refractivity contribution is 5.82. The zero-order chi connectivity index (χ0) is 16.4. The van der Waals surface area contributed by atoms with Gasteiger partial charge in [-0.25, -0.2) is 4.98 Å². The van der Waals surface area contributed by atoms with Crippen LogP contribution in [0, 0.1) is 0 Å². The third kappa shape index (κ3) is 3.79. The van der Waals surface area contributed by atoms with Gasteiger partial charge in [-0.3, -0.25) is 4.99 Å². The topological polar surface area (TPSA) is 37.3 Å². The van der Waals surface area contributed by atoms with Crippen LogP contribution in [0.3, 0.4) is 0 Å². The molecule has 1 atom stereocenters. The molecule has 1 aliphatic heterocycles. The van der Waals surface area contributed by atoms with E-state index >= 15 is 0 Å². The lowest BCUT2D eigenvalue weighted by atomic mass is 9.94. The van der Waals surface area contributed by atoms with Gasteiger partial charge in [-0.15, -0.1) is 0 Å². The van der Waals surface area contributed by atoms with E-state index in [1.165, 1.54) is 23.2 Å². The molecule has 1 aromatic carbocycles. The molecule has 1 aliphatic rings. The average molecular weight is 307 g/mol. The summed E-state index contributed by atoms with van der Waals surface area (Å²) in [6, 6.07) is 13.1. The molecule has 1 unspecified atom stereocenters. The third-order valence-electron chi connectivity index (χ3n) is 4.02. The summed E-state index contributed by atoms with van der Waals surface area (Å²) in [4.78, 5) is 9.35. The second-order valence-corrected chi connectivity index (χ2v) is 7.30. The summed E-state index contributed by atoms with van der Waals surface area (Å²) in [7, 11) is 0. The van der Waals surface area contributed by atoms with Crippen LogP contribution in [0.2, 0.25) is 0 Å². The summed E-state index contributed by atoms with van der Waals surface area (Å²) in [5.41, 5.74) is 5.63. The van der Waals surface area contributed by atoms with Crippen LogP contribution in [0.4, 0.5) is 5.69 Å². The zero-order valence-corrected chi connectivity index (χ0v) is 14.4. The van der Waals surface area contributed by atoms with E-state index in [1.54, 1.807) is 0 Å². The normalized spacial score (nSPS) is 17.8. The number of rotatable bonds is 2. The van der Waals surface area contributed by atoms with Crippen molar-refractivity contribution < 1.29 is 0 Å². The summed E-state index contributed by atoms with van der Waals surface area (Å²) in [6.45, 7) is 8.50. The molecule has 23 heavy (non-hydrogen) atoms. The molecule has 0 saturated heterocycles. The van der Waals surface area contributed by atoms with Crippen molar-refractivity contribution in [3.05, 3.63) is 47.7 Å². The molecule has 120 valence electrons. The van der Waals surface area contributed by atoms with Gasteiger partial charge < -0.3 is 5.32 Å². The van der Waals surface area contributed by atoms with E-state index in [1.807, 2.05) is 12.3 Å². The van der Waals surface area contributed by atoms with E-state index in [0.717, 1.165) is 17.8 Å². The van der Waals surface area contributed by atoms with Gasteiger partial charge in [0.25, 0.3) is 0 Å². The fourth-order valence-corrected chi connectivity index (χ4v) is 2.82. The first-order chi connectivity index (χ1) is 10.9. The number of para-hydroxylation sites is 1. The molecular formula is C20H25N3. The van der Waals surface area contributed by atoms with Crippen LogP contribution in [0.1, 0.15) is 45.4 Å². The van der Waals surface area contributed by atoms with E-state index in [4.69, 9.17) is 4.98 Å². The minimum Gasteiger partial charge on any atom is -0.382 e. The molecule has 0 aliphatic carbocycles. The number of hydrogen-bond acceptors (Lipinski definition) is 3. The number of nitrogens with one attached hydrogen (secondary N) is 1. The molecule has 0 bridgehead atoms. The summed E-state index contributed by atoms with van der Waals surface area (Å²) >= 11 is 0. The van der Waals surface area contributed by atoms with Gasteiger partial charge in [0.05, 0.1) is 16.9 Å². The highest BCUT2D eigenvalue weighted by Crippen LogP contribution is 2.34. The highest BCUT2D eigenvalue weighted by Gasteiger charge is 2.18. The van der Waals surface area contributed by atoms with Gasteiger partial charge >= 0.3 is 0 Å². The van der Waals surface area contributed by atoms with Crippen LogP contribution in [-0.2, 0) is 6.42 Å². The number of aromatic nitrogens is 1. The first-order valence-electron chi connectivity index (χ1n) is 8.33. The van der Waals surface area contributed by atoms with Crippen molar-refractivity contribution in [2.24, 2.45) is 4.99 Å². The predicted octanol–water partition coefficient (Wildman–Crippen LogP) is 4.71. The van der Waals surface area contributed by atoms with Crippen LogP contribution in [0.5, 0.6) is 0 Å². The van der Waals surface area contributed by atoms with Crippen LogP contribution in [-0.4, -0.2) is 22.8 Å². The Morgan fingerprint density at radius 3 is 2.74 bits per heavy atom. The van der Waals surface area contributed by atoms with Crippen LogP contribution in [0.25, 0.3) is 11.3 Å². The Morgan fingerprint density at radius 2 is 1.96 bits per heavy atom. The third-order valence-corrected chi connectivity index (χ3v) is 4.02. The fraction of sp³-hybridized carbons (Fsp3) is 0.400. The Hall–Kier alpha value is -2.16. The molecule has 3 heteroatoms. The SMILES string of the molecule is CC1CCc2cccc(-c3cccc(C=NC(C)(C)C)n3)c2N1. The molecular weight excluding hydrogens is 282 g/mol. The van der Waals surface area contributed by atoms with Gasteiger partial charge in [-0.2, -0.15) is 0 Å². The quantitative estimate of drug-likeness (QED) is 0.816. The fourth-order valence-electron chi connectivity index (χ4n) is 2.82. The number of anilines is 1. The van der Waals surface area contributed by atoms with Crippen LogP contribution >= 0.6 is 0 Å². The lowest BCUT2D eigenvalue weighted by Crippen LogP contribution is -2.22. The Labute approximate surface area is 138 Å². The first kappa shape index (κ1) is 15.7. The summed E-state index contributed by atoms with van der Waals surface area (Å²) in [6.07, 6.45) is 4.18. The van der Waals surface area contributed by atoms with Crippen molar-refractivity contribution in [1.29, 1.82) is 0 Å². The second kappa shape index (κ2) is 6.15. The molecule has 2 heterocycles. The number of fused-ring (bicyclic) bond motifs is 1. The van der Waals surface area contributed by atoms with Gasteiger partial charge in [0, 0.05) is 23.5 Å². The Bertz CT molecular complexity index is 726. The molecule has 1 aromatic heterocycles. The Balaban J connectivity index is 1.99. The predicted molar refractivity (Wildman–Crippen MR) is 98.4 cm³/mol. The molecule has 0 fully saturated rings. The van der Waals surface area contributed by atoms with Gasteiger partial charge in [0.15, 0.2) is 0 Å². The summed E-state index contributed by atoms with van der Waals surface area (Å²) in [5.74, 6) is 0. The number of aliphatic imine (C=N–C) groups is 1. The molecule has 3 nitrogen and oxygen atoms in total. The molecule has 1 N–H and O–H groups in total. The number of hydrogen-bond donors (Lipinski definition) is 1. The number of nitrogens with zero attached hydrogens (tertiary/aromatic N) is 2. The molecule has 0 radical (unpaired) electrons. The molecule has 0 spiro atoms. The Morgan fingerprint density at radius 1 is 1.17 bits per heavy atom. The van der Waals surface area contributed by atoms with Gasteiger partial charge in [-0.1, -0.05) is 24.3 Å². The lowest BCUT2D eigenvalue weighted by molar-refractivity contribution is 0.586. The van der Waals surface area contributed by atoms with Crippen LogP contribution in [0.15, 0.2) is 41.4 Å². The zero-order valence-electron chi connectivity index (χ0n) is 14.4. The lowest BCUT2D eigenvalue weighted by Gasteiger charge is -2.26. The monoisotopic (exact) mass is 307 g/mol. The minimum absolute atomic E-state index is 0.0828. The van der Waals surface area contributed by atoms with Gasteiger partial charge in [-0.05, 0) is 58.2 Å². The van der Waals surface area contributed by atoms with Crippen molar-refractivity contribution >= 4 is 11.9 Å². The molecule has 0 saturated carbocycles. The van der Waals surface area contributed by atoms with Crippen molar-refractivity contribution in [2.75, 3.05) is 5.32 Å². The molecule has 3 rings (SSSR count). The number of pyridine rings is 1. The minimum atomic E-state index is -0.0828. The average Bonchev–Trinajstić information content (AvgIpc) is 2.52. The summed E-state index contributed by atoms with van der Waals surface area (Å²) < 4.78 is 0.